The topological polar surface area (TPSA) is 55.4 Å². The standard InChI is InChI=1S/C20H21NO3S/c1-14-4-2-7-17(10-14)21-19(22)12-24-20(23)13-25-18-9-8-15-5-3-6-16(15)11-18/h2,4,7-11H,3,5-6,12-13H2,1H3,(H,21,22). The lowest BCUT2D eigenvalue weighted by Gasteiger charge is -2.08. The molecule has 0 radical (unpaired) electrons. The van der Waals surface area contributed by atoms with Crippen LogP contribution in [0.1, 0.15) is 23.1 Å². The number of aryl methyl sites for hydroxylation is 3. The summed E-state index contributed by atoms with van der Waals surface area (Å²) in [6.45, 7) is 1.68. The van der Waals surface area contributed by atoms with Gasteiger partial charge >= 0.3 is 5.97 Å². The van der Waals surface area contributed by atoms with E-state index in [0.717, 1.165) is 23.3 Å². The average molecular weight is 355 g/mol. The Labute approximate surface area is 152 Å². The van der Waals surface area contributed by atoms with E-state index in [-0.39, 0.29) is 24.2 Å². The molecule has 1 aliphatic carbocycles. The third-order valence-corrected chi connectivity index (χ3v) is 5.06. The highest BCUT2D eigenvalue weighted by Crippen LogP contribution is 2.27. The molecule has 2 aromatic rings. The minimum Gasteiger partial charge on any atom is -0.455 e. The van der Waals surface area contributed by atoms with Crippen LogP contribution in [0.4, 0.5) is 5.69 Å². The quantitative estimate of drug-likeness (QED) is 0.633. The van der Waals surface area contributed by atoms with E-state index in [0.29, 0.717) is 5.69 Å². The number of hydrogen-bond donors (Lipinski definition) is 1. The first-order valence-electron chi connectivity index (χ1n) is 8.37. The van der Waals surface area contributed by atoms with E-state index in [2.05, 4.69) is 17.4 Å². The van der Waals surface area contributed by atoms with Gasteiger partial charge in [-0.2, -0.15) is 0 Å². The second kappa shape index (κ2) is 8.21. The van der Waals surface area contributed by atoms with E-state index in [9.17, 15) is 9.59 Å². The van der Waals surface area contributed by atoms with Crippen molar-refractivity contribution in [2.45, 2.75) is 31.1 Å². The van der Waals surface area contributed by atoms with Crippen LogP contribution in [0.5, 0.6) is 0 Å². The summed E-state index contributed by atoms with van der Waals surface area (Å²) in [6, 6.07) is 13.8. The zero-order valence-electron chi connectivity index (χ0n) is 14.2. The lowest BCUT2D eigenvalue weighted by atomic mass is 10.1. The first kappa shape index (κ1) is 17.5. The van der Waals surface area contributed by atoms with Gasteiger partial charge in [-0.3, -0.25) is 9.59 Å². The Bertz CT molecular complexity index is 788. The number of carbonyl (C=O) groups excluding carboxylic acids is 2. The monoisotopic (exact) mass is 355 g/mol. The predicted octanol–water partition coefficient (Wildman–Crippen LogP) is 3.76. The van der Waals surface area contributed by atoms with Crippen molar-refractivity contribution in [3.05, 3.63) is 59.2 Å². The minimum atomic E-state index is -0.384. The average Bonchev–Trinajstić information content (AvgIpc) is 3.06. The number of hydrogen-bond acceptors (Lipinski definition) is 4. The number of nitrogens with one attached hydrogen (secondary N) is 1. The normalized spacial score (nSPS) is 12.5. The smallest absolute Gasteiger partial charge is 0.316 e. The number of amides is 1. The van der Waals surface area contributed by atoms with Crippen molar-refractivity contribution in [3.63, 3.8) is 0 Å². The van der Waals surface area contributed by atoms with Crippen LogP contribution >= 0.6 is 11.8 Å². The van der Waals surface area contributed by atoms with Crippen molar-refractivity contribution in [2.24, 2.45) is 0 Å². The van der Waals surface area contributed by atoms with E-state index in [1.165, 1.54) is 29.3 Å². The number of anilines is 1. The molecule has 0 spiro atoms. The molecule has 0 bridgehead atoms. The molecule has 0 heterocycles. The molecule has 0 aliphatic heterocycles. The summed E-state index contributed by atoms with van der Waals surface area (Å²) >= 11 is 1.45. The second-order valence-corrected chi connectivity index (χ2v) is 7.20. The number of fused-ring (bicyclic) bond motifs is 1. The van der Waals surface area contributed by atoms with Crippen molar-refractivity contribution in [2.75, 3.05) is 17.7 Å². The van der Waals surface area contributed by atoms with E-state index >= 15 is 0 Å². The fraction of sp³-hybridized carbons (Fsp3) is 0.300. The Morgan fingerprint density at radius 1 is 1.12 bits per heavy atom. The van der Waals surface area contributed by atoms with E-state index in [1.807, 2.05) is 31.2 Å². The van der Waals surface area contributed by atoms with Crippen molar-refractivity contribution in [1.29, 1.82) is 0 Å². The van der Waals surface area contributed by atoms with Gasteiger partial charge in [0.05, 0.1) is 5.75 Å². The van der Waals surface area contributed by atoms with Gasteiger partial charge in [0.15, 0.2) is 6.61 Å². The summed E-state index contributed by atoms with van der Waals surface area (Å²) in [7, 11) is 0. The molecule has 1 aliphatic rings. The predicted molar refractivity (Wildman–Crippen MR) is 100.0 cm³/mol. The Morgan fingerprint density at radius 2 is 1.96 bits per heavy atom. The van der Waals surface area contributed by atoms with Crippen molar-refractivity contribution < 1.29 is 14.3 Å². The number of rotatable bonds is 6. The highest BCUT2D eigenvalue weighted by molar-refractivity contribution is 8.00. The van der Waals surface area contributed by atoms with Crippen LogP contribution in [0.25, 0.3) is 0 Å². The summed E-state index contributed by atoms with van der Waals surface area (Å²) in [4.78, 5) is 24.7. The Balaban J connectivity index is 1.41. The molecule has 5 heteroatoms. The molecule has 2 aromatic carbocycles. The van der Waals surface area contributed by atoms with Crippen LogP contribution in [0.15, 0.2) is 47.4 Å². The molecule has 1 N–H and O–H groups in total. The largest absolute Gasteiger partial charge is 0.455 e. The van der Waals surface area contributed by atoms with Gasteiger partial charge in [-0.1, -0.05) is 18.2 Å². The van der Waals surface area contributed by atoms with Gasteiger partial charge in [0.25, 0.3) is 5.91 Å². The molecule has 0 unspecified atom stereocenters. The third kappa shape index (κ3) is 5.10. The van der Waals surface area contributed by atoms with Gasteiger partial charge in [0, 0.05) is 10.6 Å². The fourth-order valence-electron chi connectivity index (χ4n) is 2.89. The van der Waals surface area contributed by atoms with Gasteiger partial charge in [0.1, 0.15) is 0 Å². The van der Waals surface area contributed by atoms with Gasteiger partial charge in [-0.25, -0.2) is 0 Å². The summed E-state index contributed by atoms with van der Waals surface area (Å²) in [5.41, 5.74) is 4.56. The van der Waals surface area contributed by atoms with Gasteiger partial charge in [0.2, 0.25) is 0 Å². The zero-order chi connectivity index (χ0) is 17.6. The van der Waals surface area contributed by atoms with Crippen LogP contribution in [-0.4, -0.2) is 24.2 Å². The summed E-state index contributed by atoms with van der Waals surface area (Å²) in [5.74, 6) is -0.511. The lowest BCUT2D eigenvalue weighted by molar-refractivity contribution is -0.144. The second-order valence-electron chi connectivity index (χ2n) is 6.15. The summed E-state index contributed by atoms with van der Waals surface area (Å²) in [6.07, 6.45) is 3.48. The van der Waals surface area contributed by atoms with Crippen LogP contribution in [-0.2, 0) is 27.2 Å². The fourth-order valence-corrected chi connectivity index (χ4v) is 3.65. The van der Waals surface area contributed by atoms with Crippen molar-refractivity contribution in [1.82, 2.24) is 0 Å². The minimum absolute atomic E-state index is 0.205. The molecular weight excluding hydrogens is 334 g/mol. The Kier molecular flexibility index (Phi) is 5.76. The molecule has 130 valence electrons. The summed E-state index contributed by atoms with van der Waals surface area (Å²) in [5, 5.41) is 2.72. The Hall–Kier alpha value is -2.27. The lowest BCUT2D eigenvalue weighted by Crippen LogP contribution is -2.21. The molecule has 0 saturated carbocycles. The van der Waals surface area contributed by atoms with Gasteiger partial charge in [-0.15, -0.1) is 11.8 Å². The maximum Gasteiger partial charge on any atom is 0.316 e. The molecule has 0 saturated heterocycles. The van der Waals surface area contributed by atoms with Crippen LogP contribution in [0, 0.1) is 6.92 Å². The molecule has 4 nitrogen and oxygen atoms in total. The van der Waals surface area contributed by atoms with Crippen LogP contribution in [0.3, 0.4) is 0 Å². The zero-order valence-corrected chi connectivity index (χ0v) is 15.0. The molecule has 1 amide bonds. The number of thioether (sulfide) groups is 1. The van der Waals surface area contributed by atoms with E-state index in [4.69, 9.17) is 4.74 Å². The van der Waals surface area contributed by atoms with Crippen molar-refractivity contribution in [3.8, 4) is 0 Å². The van der Waals surface area contributed by atoms with E-state index < -0.39 is 0 Å². The maximum atomic E-state index is 11.8. The number of benzene rings is 2. The van der Waals surface area contributed by atoms with Gasteiger partial charge < -0.3 is 10.1 Å². The molecule has 3 rings (SSSR count). The SMILES string of the molecule is Cc1cccc(NC(=O)COC(=O)CSc2ccc3c(c2)CCC3)c1. The van der Waals surface area contributed by atoms with Crippen LogP contribution in [0.2, 0.25) is 0 Å². The number of carbonyl (C=O) groups is 2. The highest BCUT2D eigenvalue weighted by atomic mass is 32.2. The summed E-state index contributed by atoms with van der Waals surface area (Å²) < 4.78 is 5.05. The molecule has 0 fully saturated rings. The Morgan fingerprint density at radius 3 is 2.80 bits per heavy atom. The van der Waals surface area contributed by atoms with Crippen LogP contribution < -0.4 is 5.32 Å². The van der Waals surface area contributed by atoms with Crippen molar-refractivity contribution >= 4 is 29.3 Å². The third-order valence-electron chi connectivity index (χ3n) is 4.09. The number of ether oxygens (including phenoxy) is 1. The maximum absolute atomic E-state index is 11.8. The number of esters is 1. The molecule has 0 atom stereocenters. The molecule has 0 aromatic heterocycles. The van der Waals surface area contributed by atoms with E-state index in [1.54, 1.807) is 6.07 Å². The van der Waals surface area contributed by atoms with Gasteiger partial charge in [-0.05, 0) is 67.1 Å². The first-order chi connectivity index (χ1) is 12.1. The molecule has 25 heavy (non-hydrogen) atoms. The first-order valence-corrected chi connectivity index (χ1v) is 9.35. The molecular formula is C20H21NO3S. The highest BCUT2D eigenvalue weighted by Gasteiger charge is 2.12.